The van der Waals surface area contributed by atoms with Gasteiger partial charge in [-0.1, -0.05) is 63.4 Å². The molecule has 6 heteroatoms. The molecule has 0 aromatic heterocycles. The Morgan fingerprint density at radius 3 is 2.43 bits per heavy atom. The SMILES string of the molecule is CC(C)[C@H]1COC(=O)N1C(=O)[C@@H](CC(=O)N(C)C1CCCCC1)Cc1ccccc1. The van der Waals surface area contributed by atoms with E-state index in [2.05, 4.69) is 0 Å². The van der Waals surface area contributed by atoms with Gasteiger partial charge >= 0.3 is 6.09 Å². The van der Waals surface area contributed by atoms with Crippen LogP contribution in [0, 0.1) is 11.8 Å². The summed E-state index contributed by atoms with van der Waals surface area (Å²) in [5.74, 6) is -0.813. The molecule has 1 heterocycles. The fourth-order valence-corrected chi connectivity index (χ4v) is 4.55. The predicted octanol–water partition coefficient (Wildman–Crippen LogP) is 4.03. The van der Waals surface area contributed by atoms with Crippen LogP contribution in [-0.2, 0) is 20.7 Å². The summed E-state index contributed by atoms with van der Waals surface area (Å²) < 4.78 is 5.18. The molecule has 0 spiro atoms. The van der Waals surface area contributed by atoms with Crippen LogP contribution in [0.1, 0.15) is 57.9 Å². The summed E-state index contributed by atoms with van der Waals surface area (Å²) in [6, 6.07) is 9.65. The molecule has 1 aliphatic heterocycles. The molecule has 30 heavy (non-hydrogen) atoms. The van der Waals surface area contributed by atoms with Crippen molar-refractivity contribution in [2.24, 2.45) is 11.8 Å². The van der Waals surface area contributed by atoms with E-state index in [4.69, 9.17) is 4.74 Å². The van der Waals surface area contributed by atoms with Gasteiger partial charge in [-0.2, -0.15) is 0 Å². The standard InChI is InChI=1S/C24H34N2O4/c1-17(2)21-16-30-24(29)26(21)23(28)19(14-18-10-6-4-7-11-18)15-22(27)25(3)20-12-8-5-9-13-20/h4,6-7,10-11,17,19-21H,5,8-9,12-16H2,1-3H3/t19-,21-/m1/s1. The molecule has 0 unspecified atom stereocenters. The number of amides is 3. The van der Waals surface area contributed by atoms with Crippen LogP contribution in [0.4, 0.5) is 4.79 Å². The van der Waals surface area contributed by atoms with E-state index in [1.54, 1.807) is 0 Å². The minimum absolute atomic E-state index is 0.0233. The Hall–Kier alpha value is -2.37. The normalized spacial score (nSPS) is 20.9. The Labute approximate surface area is 179 Å². The summed E-state index contributed by atoms with van der Waals surface area (Å²) in [6.07, 6.45) is 5.50. The number of cyclic esters (lactones) is 1. The van der Waals surface area contributed by atoms with Gasteiger partial charge in [-0.3, -0.25) is 9.59 Å². The molecule has 2 fully saturated rings. The molecule has 1 aromatic carbocycles. The van der Waals surface area contributed by atoms with Crippen LogP contribution >= 0.6 is 0 Å². The number of rotatable bonds is 7. The molecule has 2 atom stereocenters. The number of ether oxygens (including phenoxy) is 1. The van der Waals surface area contributed by atoms with E-state index in [1.165, 1.54) is 11.3 Å². The van der Waals surface area contributed by atoms with Gasteiger partial charge in [0, 0.05) is 19.5 Å². The molecule has 1 saturated heterocycles. The van der Waals surface area contributed by atoms with E-state index < -0.39 is 12.0 Å². The third kappa shape index (κ3) is 5.21. The number of benzene rings is 1. The summed E-state index contributed by atoms with van der Waals surface area (Å²) in [5.41, 5.74) is 0.984. The minimum Gasteiger partial charge on any atom is -0.447 e. The second kappa shape index (κ2) is 10.1. The molecule has 0 N–H and O–H groups in total. The lowest BCUT2D eigenvalue weighted by molar-refractivity contribution is -0.141. The number of imide groups is 1. The van der Waals surface area contributed by atoms with Crippen molar-refractivity contribution < 1.29 is 19.1 Å². The third-order valence-corrected chi connectivity index (χ3v) is 6.52. The Balaban J connectivity index is 1.78. The van der Waals surface area contributed by atoms with Gasteiger partial charge in [0.15, 0.2) is 0 Å². The Kier molecular flexibility index (Phi) is 7.51. The minimum atomic E-state index is -0.593. The van der Waals surface area contributed by atoms with Crippen LogP contribution in [0.5, 0.6) is 0 Å². The molecule has 0 radical (unpaired) electrons. The maximum atomic E-state index is 13.5. The molecule has 6 nitrogen and oxygen atoms in total. The van der Waals surface area contributed by atoms with Gasteiger partial charge in [0.1, 0.15) is 6.61 Å². The van der Waals surface area contributed by atoms with Crippen LogP contribution in [0.15, 0.2) is 30.3 Å². The van der Waals surface area contributed by atoms with E-state index in [9.17, 15) is 14.4 Å². The third-order valence-electron chi connectivity index (χ3n) is 6.52. The van der Waals surface area contributed by atoms with Crippen molar-refractivity contribution in [2.75, 3.05) is 13.7 Å². The van der Waals surface area contributed by atoms with Crippen molar-refractivity contribution in [3.63, 3.8) is 0 Å². The molecule has 1 aliphatic carbocycles. The lowest BCUT2D eigenvalue weighted by atomic mass is 9.91. The van der Waals surface area contributed by atoms with Gasteiger partial charge in [0.2, 0.25) is 11.8 Å². The molecular formula is C24H34N2O4. The van der Waals surface area contributed by atoms with Crippen molar-refractivity contribution in [3.05, 3.63) is 35.9 Å². The first-order valence-electron chi connectivity index (χ1n) is 11.2. The first kappa shape index (κ1) is 22.3. The average molecular weight is 415 g/mol. The van der Waals surface area contributed by atoms with Crippen LogP contribution in [0.25, 0.3) is 0 Å². The molecule has 164 valence electrons. The molecule has 3 amide bonds. The second-order valence-electron chi connectivity index (χ2n) is 8.98. The molecule has 1 saturated carbocycles. The van der Waals surface area contributed by atoms with E-state index >= 15 is 0 Å². The number of hydrogen-bond acceptors (Lipinski definition) is 4. The fraction of sp³-hybridized carbons (Fsp3) is 0.625. The maximum Gasteiger partial charge on any atom is 0.416 e. The zero-order valence-electron chi connectivity index (χ0n) is 18.4. The highest BCUT2D eigenvalue weighted by atomic mass is 16.6. The monoisotopic (exact) mass is 414 g/mol. The Morgan fingerprint density at radius 1 is 1.13 bits per heavy atom. The highest BCUT2D eigenvalue weighted by molar-refractivity contribution is 5.96. The second-order valence-corrected chi connectivity index (χ2v) is 8.98. The number of carbonyl (C=O) groups excluding carboxylic acids is 3. The largest absolute Gasteiger partial charge is 0.447 e. The van der Waals surface area contributed by atoms with Crippen LogP contribution in [0.3, 0.4) is 0 Å². The van der Waals surface area contributed by atoms with E-state index in [1.807, 2.05) is 56.1 Å². The number of carbonyl (C=O) groups is 3. The highest BCUT2D eigenvalue weighted by Gasteiger charge is 2.42. The molecule has 0 bridgehead atoms. The first-order valence-corrected chi connectivity index (χ1v) is 11.2. The molecular weight excluding hydrogens is 380 g/mol. The van der Waals surface area contributed by atoms with Gasteiger partial charge in [0.25, 0.3) is 0 Å². The summed E-state index contributed by atoms with van der Waals surface area (Å²) in [4.78, 5) is 42.0. The van der Waals surface area contributed by atoms with Gasteiger partial charge in [-0.15, -0.1) is 0 Å². The average Bonchev–Trinajstić information content (AvgIpc) is 3.15. The van der Waals surface area contributed by atoms with Crippen molar-refractivity contribution in [2.45, 2.75) is 70.9 Å². The topological polar surface area (TPSA) is 66.9 Å². The summed E-state index contributed by atoms with van der Waals surface area (Å²) in [7, 11) is 1.85. The number of nitrogens with zero attached hydrogens (tertiary/aromatic N) is 2. The lowest BCUT2D eigenvalue weighted by Gasteiger charge is -2.33. The van der Waals surface area contributed by atoms with Crippen LogP contribution in [0.2, 0.25) is 0 Å². The molecule has 1 aromatic rings. The van der Waals surface area contributed by atoms with Crippen molar-refractivity contribution in [3.8, 4) is 0 Å². The molecule has 3 rings (SSSR count). The lowest BCUT2D eigenvalue weighted by Crippen LogP contribution is -2.47. The Morgan fingerprint density at radius 2 is 1.80 bits per heavy atom. The predicted molar refractivity (Wildman–Crippen MR) is 115 cm³/mol. The van der Waals surface area contributed by atoms with E-state index in [0.717, 1.165) is 31.2 Å². The summed E-state index contributed by atoms with van der Waals surface area (Å²) in [6.45, 7) is 4.17. The van der Waals surface area contributed by atoms with Crippen molar-refractivity contribution in [1.29, 1.82) is 0 Å². The van der Waals surface area contributed by atoms with E-state index in [-0.39, 0.29) is 42.8 Å². The quantitative estimate of drug-likeness (QED) is 0.676. The zero-order valence-corrected chi connectivity index (χ0v) is 18.4. The fourth-order valence-electron chi connectivity index (χ4n) is 4.55. The van der Waals surface area contributed by atoms with E-state index in [0.29, 0.717) is 6.42 Å². The van der Waals surface area contributed by atoms with Gasteiger partial charge in [-0.25, -0.2) is 9.69 Å². The van der Waals surface area contributed by atoms with Crippen LogP contribution < -0.4 is 0 Å². The maximum absolute atomic E-state index is 13.5. The van der Waals surface area contributed by atoms with Crippen molar-refractivity contribution >= 4 is 17.9 Å². The summed E-state index contributed by atoms with van der Waals surface area (Å²) in [5, 5.41) is 0. The Bertz CT molecular complexity index is 743. The van der Waals surface area contributed by atoms with Gasteiger partial charge in [0.05, 0.1) is 12.0 Å². The smallest absolute Gasteiger partial charge is 0.416 e. The molecule has 2 aliphatic rings. The summed E-state index contributed by atoms with van der Waals surface area (Å²) >= 11 is 0. The van der Waals surface area contributed by atoms with Gasteiger partial charge < -0.3 is 9.64 Å². The van der Waals surface area contributed by atoms with Crippen LogP contribution in [-0.4, -0.2) is 53.4 Å². The first-order chi connectivity index (χ1) is 14.4. The van der Waals surface area contributed by atoms with Gasteiger partial charge in [-0.05, 0) is 30.7 Å². The van der Waals surface area contributed by atoms with Crippen molar-refractivity contribution in [1.82, 2.24) is 9.80 Å². The number of hydrogen-bond donors (Lipinski definition) is 0. The zero-order chi connectivity index (χ0) is 21.7. The highest BCUT2D eigenvalue weighted by Crippen LogP contribution is 2.27.